The predicted octanol–water partition coefficient (Wildman–Crippen LogP) is 1.05. The van der Waals surface area contributed by atoms with Gasteiger partial charge in [0, 0.05) is 6.04 Å². The molecule has 0 heterocycles. The first kappa shape index (κ1) is 9.66. The number of allylic oxidation sites excluding steroid dienone is 1. The first-order valence-corrected chi connectivity index (χ1v) is 3.78. The van der Waals surface area contributed by atoms with Crippen molar-refractivity contribution < 1.29 is 5.11 Å². The van der Waals surface area contributed by atoms with Gasteiger partial charge in [-0.15, -0.1) is 6.58 Å². The minimum Gasteiger partial charge on any atom is -0.395 e. The Bertz CT molecular complexity index is 83.3. The minimum atomic E-state index is -0.0233. The van der Waals surface area contributed by atoms with Gasteiger partial charge in [-0.1, -0.05) is 12.5 Å². The quantitative estimate of drug-likeness (QED) is 0.431. The fourth-order valence-corrected chi connectivity index (χ4v) is 0.786. The molecule has 0 rings (SSSR count). The van der Waals surface area contributed by atoms with E-state index in [0.29, 0.717) is 0 Å². The van der Waals surface area contributed by atoms with Crippen LogP contribution in [-0.4, -0.2) is 17.8 Å². The van der Waals surface area contributed by atoms with E-state index >= 15 is 0 Å². The molecular weight excluding hydrogens is 126 g/mol. The highest BCUT2D eigenvalue weighted by molar-refractivity contribution is 4.67. The molecule has 0 bridgehead atoms. The number of aliphatic hydroxyl groups excluding tert-OH is 1. The molecule has 0 aromatic carbocycles. The second-order valence-electron chi connectivity index (χ2n) is 2.52. The van der Waals surface area contributed by atoms with Gasteiger partial charge in [-0.25, -0.2) is 0 Å². The number of unbranched alkanes of at least 4 members (excludes halogenated alkanes) is 2. The normalized spacial score (nSPS) is 13.0. The number of aliphatic hydroxyl groups is 1. The molecule has 0 spiro atoms. The number of hydrogen-bond acceptors (Lipinski definition) is 2. The summed E-state index contributed by atoms with van der Waals surface area (Å²) in [5.41, 5.74) is 5.48. The molecule has 10 heavy (non-hydrogen) atoms. The summed E-state index contributed by atoms with van der Waals surface area (Å²) in [5, 5.41) is 8.55. The Morgan fingerprint density at radius 3 is 2.70 bits per heavy atom. The Morgan fingerprint density at radius 2 is 2.20 bits per heavy atom. The van der Waals surface area contributed by atoms with Gasteiger partial charge in [0.05, 0.1) is 6.61 Å². The molecule has 0 radical (unpaired) electrons. The molecule has 1 unspecified atom stereocenters. The lowest BCUT2D eigenvalue weighted by atomic mass is 10.1. The van der Waals surface area contributed by atoms with E-state index in [1.54, 1.807) is 0 Å². The summed E-state index contributed by atoms with van der Waals surface area (Å²) < 4.78 is 0. The molecule has 0 saturated carbocycles. The number of rotatable bonds is 6. The number of hydrogen-bond donors (Lipinski definition) is 2. The Kier molecular flexibility index (Phi) is 6.55. The van der Waals surface area contributed by atoms with E-state index in [-0.39, 0.29) is 12.6 Å². The standard InChI is InChI=1S/C8H17NO/c1-2-3-4-5-6-8(9)7-10/h2,8,10H,1,3-7,9H2. The van der Waals surface area contributed by atoms with E-state index in [1.165, 1.54) is 0 Å². The third kappa shape index (κ3) is 5.79. The Morgan fingerprint density at radius 1 is 1.50 bits per heavy atom. The van der Waals surface area contributed by atoms with Crippen LogP contribution < -0.4 is 5.73 Å². The maximum absolute atomic E-state index is 8.55. The van der Waals surface area contributed by atoms with E-state index in [2.05, 4.69) is 6.58 Å². The van der Waals surface area contributed by atoms with Crippen molar-refractivity contribution in [2.45, 2.75) is 31.7 Å². The monoisotopic (exact) mass is 143 g/mol. The molecule has 0 fully saturated rings. The molecule has 0 aromatic rings. The first-order valence-electron chi connectivity index (χ1n) is 3.78. The smallest absolute Gasteiger partial charge is 0.0582 e. The van der Waals surface area contributed by atoms with Crippen LogP contribution >= 0.6 is 0 Å². The van der Waals surface area contributed by atoms with Gasteiger partial charge in [0.1, 0.15) is 0 Å². The molecule has 60 valence electrons. The molecular formula is C8H17NO. The lowest BCUT2D eigenvalue weighted by molar-refractivity contribution is 0.258. The summed E-state index contributed by atoms with van der Waals surface area (Å²) in [4.78, 5) is 0. The number of nitrogens with two attached hydrogens (primary N) is 1. The zero-order valence-electron chi connectivity index (χ0n) is 6.42. The third-order valence-corrected chi connectivity index (χ3v) is 1.47. The van der Waals surface area contributed by atoms with Crippen LogP contribution in [0, 0.1) is 0 Å². The van der Waals surface area contributed by atoms with Crippen molar-refractivity contribution in [2.24, 2.45) is 5.73 Å². The Labute approximate surface area is 62.7 Å². The molecule has 3 N–H and O–H groups in total. The van der Waals surface area contributed by atoms with Gasteiger partial charge in [-0.2, -0.15) is 0 Å². The second-order valence-corrected chi connectivity index (χ2v) is 2.52. The summed E-state index contributed by atoms with van der Waals surface area (Å²) in [7, 11) is 0. The van der Waals surface area contributed by atoms with Crippen LogP contribution in [0.5, 0.6) is 0 Å². The molecule has 0 aliphatic rings. The highest BCUT2D eigenvalue weighted by atomic mass is 16.3. The highest BCUT2D eigenvalue weighted by Crippen LogP contribution is 2.01. The van der Waals surface area contributed by atoms with Gasteiger partial charge in [-0.05, 0) is 19.3 Å². The predicted molar refractivity (Wildman–Crippen MR) is 43.7 cm³/mol. The third-order valence-electron chi connectivity index (χ3n) is 1.47. The SMILES string of the molecule is C=CCCCCC(N)CO. The largest absolute Gasteiger partial charge is 0.395 e. The van der Waals surface area contributed by atoms with E-state index in [4.69, 9.17) is 10.8 Å². The summed E-state index contributed by atoms with van der Waals surface area (Å²) in [6.07, 6.45) is 6.11. The van der Waals surface area contributed by atoms with Crippen molar-refractivity contribution in [1.82, 2.24) is 0 Å². The lowest BCUT2D eigenvalue weighted by Crippen LogP contribution is -2.23. The topological polar surface area (TPSA) is 46.2 Å². The fraction of sp³-hybridized carbons (Fsp3) is 0.750. The van der Waals surface area contributed by atoms with Crippen molar-refractivity contribution in [3.63, 3.8) is 0 Å². The molecule has 0 aliphatic heterocycles. The average Bonchev–Trinajstić information content (AvgIpc) is 1.98. The molecule has 0 amide bonds. The molecule has 0 aromatic heterocycles. The summed E-state index contributed by atoms with van der Waals surface area (Å²) >= 11 is 0. The van der Waals surface area contributed by atoms with Gasteiger partial charge >= 0.3 is 0 Å². The van der Waals surface area contributed by atoms with E-state index in [1.807, 2.05) is 6.08 Å². The van der Waals surface area contributed by atoms with Crippen LogP contribution in [0.2, 0.25) is 0 Å². The van der Waals surface area contributed by atoms with Crippen molar-refractivity contribution >= 4 is 0 Å². The van der Waals surface area contributed by atoms with Crippen LogP contribution in [0.15, 0.2) is 12.7 Å². The second kappa shape index (κ2) is 6.78. The van der Waals surface area contributed by atoms with E-state index in [9.17, 15) is 0 Å². The van der Waals surface area contributed by atoms with Gasteiger partial charge in [0.2, 0.25) is 0 Å². The van der Waals surface area contributed by atoms with Crippen LogP contribution in [0.25, 0.3) is 0 Å². The van der Waals surface area contributed by atoms with Crippen LogP contribution in [-0.2, 0) is 0 Å². The zero-order chi connectivity index (χ0) is 7.82. The summed E-state index contributed by atoms with van der Waals surface area (Å²) in [6, 6.07) is -0.0233. The van der Waals surface area contributed by atoms with Crippen LogP contribution in [0.3, 0.4) is 0 Å². The molecule has 2 heteroatoms. The molecule has 0 aliphatic carbocycles. The fourth-order valence-electron chi connectivity index (χ4n) is 0.786. The van der Waals surface area contributed by atoms with Crippen molar-refractivity contribution in [3.8, 4) is 0 Å². The van der Waals surface area contributed by atoms with E-state index < -0.39 is 0 Å². The van der Waals surface area contributed by atoms with Gasteiger partial charge in [-0.3, -0.25) is 0 Å². The molecule has 0 saturated heterocycles. The Hall–Kier alpha value is -0.340. The van der Waals surface area contributed by atoms with Crippen molar-refractivity contribution in [3.05, 3.63) is 12.7 Å². The maximum atomic E-state index is 8.55. The minimum absolute atomic E-state index is 0.0233. The van der Waals surface area contributed by atoms with E-state index in [0.717, 1.165) is 25.7 Å². The molecule has 2 nitrogen and oxygen atoms in total. The Balaban J connectivity index is 2.95. The van der Waals surface area contributed by atoms with Crippen molar-refractivity contribution in [1.29, 1.82) is 0 Å². The zero-order valence-corrected chi connectivity index (χ0v) is 6.42. The van der Waals surface area contributed by atoms with Gasteiger partial charge < -0.3 is 10.8 Å². The summed E-state index contributed by atoms with van der Waals surface area (Å²) in [5.74, 6) is 0. The van der Waals surface area contributed by atoms with Gasteiger partial charge in [0.15, 0.2) is 0 Å². The first-order chi connectivity index (χ1) is 4.81. The van der Waals surface area contributed by atoms with Crippen molar-refractivity contribution in [2.75, 3.05) is 6.61 Å². The van der Waals surface area contributed by atoms with Crippen LogP contribution in [0.1, 0.15) is 25.7 Å². The van der Waals surface area contributed by atoms with Gasteiger partial charge in [0.25, 0.3) is 0 Å². The summed E-state index contributed by atoms with van der Waals surface area (Å²) in [6.45, 7) is 3.72. The molecule has 1 atom stereocenters. The maximum Gasteiger partial charge on any atom is 0.0582 e. The highest BCUT2D eigenvalue weighted by Gasteiger charge is 1.97. The average molecular weight is 143 g/mol. The lowest BCUT2D eigenvalue weighted by Gasteiger charge is -2.05. The van der Waals surface area contributed by atoms with Crippen LogP contribution in [0.4, 0.5) is 0 Å².